The predicted molar refractivity (Wildman–Crippen MR) is 77.9 cm³/mol. The number of benzene rings is 1. The lowest BCUT2D eigenvalue weighted by Gasteiger charge is -2.39. The minimum atomic E-state index is -1.10. The summed E-state index contributed by atoms with van der Waals surface area (Å²) in [5, 5.41) is 0.827. The molecule has 0 radical (unpaired) electrons. The van der Waals surface area contributed by atoms with Gasteiger partial charge in [0.1, 0.15) is 23.6 Å². The molecule has 21 heavy (non-hydrogen) atoms. The Kier molecular flexibility index (Phi) is 2.65. The molecule has 1 aliphatic carbocycles. The minimum absolute atomic E-state index is 0.381. The van der Waals surface area contributed by atoms with Crippen LogP contribution >= 0.6 is 0 Å². The molecule has 1 fully saturated rings. The number of fused-ring (bicyclic) bond motifs is 6. The first-order valence-corrected chi connectivity index (χ1v) is 7.45. The van der Waals surface area contributed by atoms with Crippen LogP contribution in [0.5, 0.6) is 5.75 Å². The maximum absolute atomic E-state index is 14.4. The second kappa shape index (κ2) is 4.33. The zero-order valence-corrected chi connectivity index (χ0v) is 12.1. The van der Waals surface area contributed by atoms with Crippen LogP contribution in [0, 0.1) is 13.8 Å². The summed E-state index contributed by atoms with van der Waals surface area (Å²) in [6, 6.07) is 3.91. The van der Waals surface area contributed by atoms with Crippen LogP contribution in [0.15, 0.2) is 21.3 Å². The molecule has 2 heterocycles. The first kappa shape index (κ1) is 12.9. The predicted octanol–water partition coefficient (Wildman–Crippen LogP) is 3.78. The molecule has 0 spiro atoms. The van der Waals surface area contributed by atoms with Crippen molar-refractivity contribution in [3.8, 4) is 5.75 Å². The van der Waals surface area contributed by atoms with E-state index in [2.05, 4.69) is 0 Å². The van der Waals surface area contributed by atoms with Gasteiger partial charge in [-0.25, -0.2) is 9.18 Å². The minimum Gasteiger partial charge on any atom is -0.486 e. The lowest BCUT2D eigenvalue weighted by atomic mass is 9.78. The molecule has 4 heteroatoms. The van der Waals surface area contributed by atoms with Crippen molar-refractivity contribution in [1.82, 2.24) is 0 Å². The number of ether oxygens (including phenoxy) is 1. The summed E-state index contributed by atoms with van der Waals surface area (Å²) in [4.78, 5) is 12.4. The maximum Gasteiger partial charge on any atom is 0.343 e. The highest BCUT2D eigenvalue weighted by molar-refractivity contribution is 5.90. The third-order valence-corrected chi connectivity index (χ3v) is 4.83. The average molecular weight is 288 g/mol. The third kappa shape index (κ3) is 1.68. The topological polar surface area (TPSA) is 39.4 Å². The fourth-order valence-electron chi connectivity index (χ4n) is 3.71. The van der Waals surface area contributed by atoms with Gasteiger partial charge in [-0.15, -0.1) is 0 Å². The SMILES string of the molecule is Cc1ccc(C)c2c3c(c(=O)oc12)C1CCCC(O3)C1F. The molecular weight excluding hydrogens is 271 g/mol. The van der Waals surface area contributed by atoms with Gasteiger partial charge in [0.2, 0.25) is 0 Å². The molecule has 0 N–H and O–H groups in total. The molecule has 1 aromatic heterocycles. The smallest absolute Gasteiger partial charge is 0.343 e. The largest absolute Gasteiger partial charge is 0.486 e. The number of halogens is 1. The van der Waals surface area contributed by atoms with E-state index in [1.165, 1.54) is 0 Å². The zero-order chi connectivity index (χ0) is 14.7. The summed E-state index contributed by atoms with van der Waals surface area (Å²) in [6.45, 7) is 3.86. The number of aryl methyl sites for hydroxylation is 2. The monoisotopic (exact) mass is 288 g/mol. The first-order valence-electron chi connectivity index (χ1n) is 7.45. The molecule has 4 rings (SSSR count). The molecule has 1 saturated carbocycles. The summed E-state index contributed by atoms with van der Waals surface area (Å²) in [7, 11) is 0. The highest BCUT2D eigenvalue weighted by Gasteiger charge is 2.44. The Balaban J connectivity index is 2.11. The van der Waals surface area contributed by atoms with Crippen LogP contribution in [-0.4, -0.2) is 12.3 Å². The van der Waals surface area contributed by atoms with E-state index in [4.69, 9.17) is 9.15 Å². The van der Waals surface area contributed by atoms with E-state index in [0.29, 0.717) is 29.7 Å². The lowest BCUT2D eigenvalue weighted by molar-refractivity contribution is 0.0276. The fourth-order valence-corrected chi connectivity index (χ4v) is 3.71. The van der Waals surface area contributed by atoms with Gasteiger partial charge >= 0.3 is 5.63 Å². The fraction of sp³-hybridized carbons (Fsp3) is 0.471. The van der Waals surface area contributed by atoms with Crippen molar-refractivity contribution in [2.75, 3.05) is 0 Å². The van der Waals surface area contributed by atoms with Crippen molar-refractivity contribution in [3.63, 3.8) is 0 Å². The summed E-state index contributed by atoms with van der Waals surface area (Å²) in [6.07, 6.45) is 0.760. The van der Waals surface area contributed by atoms with Crippen LogP contribution in [0.4, 0.5) is 4.39 Å². The van der Waals surface area contributed by atoms with Crippen LogP contribution in [-0.2, 0) is 0 Å². The Morgan fingerprint density at radius 1 is 1.19 bits per heavy atom. The Bertz CT molecular complexity index is 793. The summed E-state index contributed by atoms with van der Waals surface area (Å²) in [5.41, 5.74) is 2.41. The van der Waals surface area contributed by atoms with Gasteiger partial charge in [-0.1, -0.05) is 12.1 Å². The molecule has 2 aliphatic rings. The van der Waals surface area contributed by atoms with Gasteiger partial charge in [0, 0.05) is 5.92 Å². The molecule has 0 saturated heterocycles. The summed E-state index contributed by atoms with van der Waals surface area (Å²) < 4.78 is 25.8. The number of alkyl halides is 1. The highest BCUT2D eigenvalue weighted by atomic mass is 19.1. The Morgan fingerprint density at radius 2 is 1.95 bits per heavy atom. The van der Waals surface area contributed by atoms with Gasteiger partial charge in [-0.3, -0.25) is 0 Å². The summed E-state index contributed by atoms with van der Waals surface area (Å²) >= 11 is 0. The van der Waals surface area contributed by atoms with Crippen molar-refractivity contribution < 1.29 is 13.5 Å². The van der Waals surface area contributed by atoms with Gasteiger partial charge in [0.25, 0.3) is 0 Å². The van der Waals surface area contributed by atoms with Crippen molar-refractivity contribution in [1.29, 1.82) is 0 Å². The number of hydrogen-bond donors (Lipinski definition) is 0. The standard InChI is InChI=1S/C17H17FO3/c1-8-6-7-9(2)15-12(8)16-13(17(19)21-15)10-4-3-5-11(20-16)14(10)18/h6-7,10-11,14H,3-5H2,1-2H3. The van der Waals surface area contributed by atoms with E-state index in [1.54, 1.807) is 0 Å². The van der Waals surface area contributed by atoms with Gasteiger partial charge in [0.15, 0.2) is 0 Å². The normalized spacial score (nSPS) is 27.3. The molecule has 2 aromatic rings. The van der Waals surface area contributed by atoms with Crippen LogP contribution in [0.3, 0.4) is 0 Å². The molecule has 1 aliphatic heterocycles. The second-order valence-corrected chi connectivity index (χ2v) is 6.17. The van der Waals surface area contributed by atoms with Crippen LogP contribution in [0.2, 0.25) is 0 Å². The van der Waals surface area contributed by atoms with Gasteiger partial charge in [-0.2, -0.15) is 0 Å². The van der Waals surface area contributed by atoms with Crippen LogP contribution < -0.4 is 10.4 Å². The number of hydrogen-bond acceptors (Lipinski definition) is 3. The Hall–Kier alpha value is -1.84. The molecule has 2 bridgehead atoms. The Labute approximate surface area is 121 Å². The van der Waals surface area contributed by atoms with E-state index < -0.39 is 17.9 Å². The van der Waals surface area contributed by atoms with Gasteiger partial charge in [-0.05, 0) is 44.2 Å². The van der Waals surface area contributed by atoms with Gasteiger partial charge in [0.05, 0.1) is 10.9 Å². The van der Waals surface area contributed by atoms with Gasteiger partial charge < -0.3 is 9.15 Å². The lowest BCUT2D eigenvalue weighted by Crippen LogP contribution is -2.43. The van der Waals surface area contributed by atoms with Crippen molar-refractivity contribution in [2.45, 2.75) is 51.3 Å². The molecule has 0 amide bonds. The van der Waals surface area contributed by atoms with Crippen LogP contribution in [0.25, 0.3) is 11.0 Å². The second-order valence-electron chi connectivity index (χ2n) is 6.17. The quantitative estimate of drug-likeness (QED) is 0.693. The van der Waals surface area contributed by atoms with E-state index in [9.17, 15) is 9.18 Å². The first-order chi connectivity index (χ1) is 10.1. The molecule has 110 valence electrons. The summed E-state index contributed by atoms with van der Waals surface area (Å²) in [5.74, 6) is 0.180. The zero-order valence-electron chi connectivity index (χ0n) is 12.1. The van der Waals surface area contributed by atoms with E-state index >= 15 is 0 Å². The van der Waals surface area contributed by atoms with E-state index in [-0.39, 0.29) is 5.92 Å². The molecule has 1 aromatic carbocycles. The molecular formula is C17H17FO3. The van der Waals surface area contributed by atoms with E-state index in [0.717, 1.165) is 22.9 Å². The maximum atomic E-state index is 14.4. The van der Waals surface area contributed by atoms with Crippen molar-refractivity contribution >= 4 is 11.0 Å². The van der Waals surface area contributed by atoms with Crippen molar-refractivity contribution in [3.05, 3.63) is 39.2 Å². The number of rotatable bonds is 0. The third-order valence-electron chi connectivity index (χ3n) is 4.83. The molecule has 3 nitrogen and oxygen atoms in total. The highest BCUT2D eigenvalue weighted by Crippen LogP contribution is 2.47. The van der Waals surface area contributed by atoms with E-state index in [1.807, 2.05) is 26.0 Å². The average Bonchev–Trinajstić information content (AvgIpc) is 2.43. The Morgan fingerprint density at radius 3 is 2.76 bits per heavy atom. The molecule has 3 atom stereocenters. The van der Waals surface area contributed by atoms with Crippen molar-refractivity contribution in [2.24, 2.45) is 0 Å². The molecule has 3 unspecified atom stereocenters. The van der Waals surface area contributed by atoms with Crippen LogP contribution in [0.1, 0.15) is 41.9 Å².